The van der Waals surface area contributed by atoms with E-state index >= 15 is 0 Å². The molecule has 0 saturated heterocycles. The molecule has 8 nitrogen and oxygen atoms in total. The van der Waals surface area contributed by atoms with Crippen LogP contribution >= 0.6 is 0 Å². The van der Waals surface area contributed by atoms with Gasteiger partial charge >= 0.3 is 12.1 Å². The van der Waals surface area contributed by atoms with Gasteiger partial charge in [0, 0.05) is 24.0 Å². The van der Waals surface area contributed by atoms with Crippen LogP contribution in [0.25, 0.3) is 22.0 Å². The summed E-state index contributed by atoms with van der Waals surface area (Å²) in [4.78, 5) is 28.7. The summed E-state index contributed by atoms with van der Waals surface area (Å²) >= 11 is 0. The third-order valence-electron chi connectivity index (χ3n) is 6.76. The molecular weight excluding hydrogens is 591 g/mol. The van der Waals surface area contributed by atoms with E-state index in [1.807, 2.05) is 6.92 Å². The number of amides is 1. The molecule has 1 atom stereocenters. The average molecular weight is 619 g/mol. The van der Waals surface area contributed by atoms with Gasteiger partial charge in [-0.2, -0.15) is 13.2 Å². The molecule has 1 amide bonds. The SMILES string of the molecule is CCOCc1cc(OC)c(-c2ccc(C[C@H](NC(=O)c3c(F)cccc3F)C(=O)O)c3ccc(C(F)(F)F)nc23)c(OC)c1. The Hall–Kier alpha value is -4.78. The summed E-state index contributed by atoms with van der Waals surface area (Å²) in [5.74, 6) is -4.72. The molecule has 1 aromatic heterocycles. The first-order valence-electron chi connectivity index (χ1n) is 13.2. The summed E-state index contributed by atoms with van der Waals surface area (Å²) in [6, 6.07) is 9.11. The lowest BCUT2D eigenvalue weighted by molar-refractivity contribution is -0.141. The number of nitrogens with zero attached hydrogens (tertiary/aromatic N) is 1. The van der Waals surface area contributed by atoms with E-state index in [-0.39, 0.29) is 45.7 Å². The lowest BCUT2D eigenvalue weighted by Gasteiger charge is -2.20. The number of carbonyl (C=O) groups is 2. The number of alkyl halides is 3. The first-order valence-corrected chi connectivity index (χ1v) is 13.2. The Morgan fingerprint density at radius 3 is 2.16 bits per heavy atom. The van der Waals surface area contributed by atoms with E-state index in [0.717, 1.165) is 30.3 Å². The van der Waals surface area contributed by atoms with Crippen molar-refractivity contribution in [3.8, 4) is 22.6 Å². The Labute approximate surface area is 248 Å². The lowest BCUT2D eigenvalue weighted by Crippen LogP contribution is -2.43. The van der Waals surface area contributed by atoms with Crippen molar-refractivity contribution in [2.45, 2.75) is 32.2 Å². The largest absolute Gasteiger partial charge is 0.496 e. The molecule has 0 unspecified atom stereocenters. The lowest BCUT2D eigenvalue weighted by atomic mass is 9.93. The number of methoxy groups -OCH3 is 2. The zero-order valence-electron chi connectivity index (χ0n) is 23.7. The predicted octanol–water partition coefficient (Wildman–Crippen LogP) is 6.18. The third kappa shape index (κ3) is 6.72. The fraction of sp³-hybridized carbons (Fsp3) is 0.258. The topological polar surface area (TPSA) is 107 Å². The maximum absolute atomic E-state index is 14.2. The zero-order chi connectivity index (χ0) is 32.2. The number of aliphatic carboxylic acids is 1. The number of carbonyl (C=O) groups excluding carboxylic acids is 1. The van der Waals surface area contributed by atoms with Crippen molar-refractivity contribution in [1.29, 1.82) is 0 Å². The molecule has 232 valence electrons. The molecular formula is C31H27F5N2O6. The summed E-state index contributed by atoms with van der Waals surface area (Å²) < 4.78 is 86.3. The predicted molar refractivity (Wildman–Crippen MR) is 150 cm³/mol. The van der Waals surface area contributed by atoms with Gasteiger partial charge in [0.15, 0.2) is 0 Å². The van der Waals surface area contributed by atoms with E-state index < -0.39 is 53.4 Å². The Bertz CT molecular complexity index is 1660. The number of carboxylic acid groups (broad SMARTS) is 1. The van der Waals surface area contributed by atoms with E-state index in [2.05, 4.69) is 10.3 Å². The van der Waals surface area contributed by atoms with Crippen molar-refractivity contribution >= 4 is 22.8 Å². The van der Waals surface area contributed by atoms with E-state index in [9.17, 15) is 36.6 Å². The number of ether oxygens (including phenoxy) is 3. The van der Waals surface area contributed by atoms with E-state index in [1.54, 1.807) is 12.1 Å². The van der Waals surface area contributed by atoms with Crippen LogP contribution in [0.5, 0.6) is 11.5 Å². The molecule has 3 aromatic carbocycles. The molecule has 0 saturated carbocycles. The molecule has 0 spiro atoms. The van der Waals surface area contributed by atoms with Gasteiger partial charge in [-0.3, -0.25) is 4.79 Å². The molecule has 13 heteroatoms. The number of halogens is 5. The Morgan fingerprint density at radius 2 is 1.61 bits per heavy atom. The van der Waals surface area contributed by atoms with Crippen LogP contribution in [0.15, 0.2) is 54.6 Å². The number of pyridine rings is 1. The molecule has 4 rings (SSSR count). The first kappa shape index (κ1) is 32.1. The highest BCUT2D eigenvalue weighted by Gasteiger charge is 2.34. The van der Waals surface area contributed by atoms with Gasteiger partial charge in [0.05, 0.1) is 31.9 Å². The molecule has 0 radical (unpaired) electrons. The van der Waals surface area contributed by atoms with Crippen molar-refractivity contribution in [3.05, 3.63) is 88.6 Å². The van der Waals surface area contributed by atoms with E-state index in [1.165, 1.54) is 26.4 Å². The number of rotatable bonds is 11. The summed E-state index contributed by atoms with van der Waals surface area (Å²) in [5.41, 5.74) is -0.970. The Morgan fingerprint density at radius 1 is 0.977 bits per heavy atom. The number of aromatic nitrogens is 1. The number of hydrogen-bond donors (Lipinski definition) is 2. The van der Waals surface area contributed by atoms with Crippen LogP contribution < -0.4 is 14.8 Å². The minimum absolute atomic E-state index is 0.135. The van der Waals surface area contributed by atoms with Gasteiger partial charge in [-0.05, 0) is 48.4 Å². The molecule has 2 N–H and O–H groups in total. The van der Waals surface area contributed by atoms with Gasteiger partial charge in [0.25, 0.3) is 5.91 Å². The minimum Gasteiger partial charge on any atom is -0.496 e. The van der Waals surface area contributed by atoms with Crippen LogP contribution in [-0.2, 0) is 28.7 Å². The van der Waals surface area contributed by atoms with Crippen LogP contribution in [0.1, 0.15) is 34.1 Å². The monoisotopic (exact) mass is 618 g/mol. The molecule has 0 aliphatic rings. The smallest absolute Gasteiger partial charge is 0.433 e. The quantitative estimate of drug-likeness (QED) is 0.194. The molecule has 0 bridgehead atoms. The van der Waals surface area contributed by atoms with E-state index in [0.29, 0.717) is 12.2 Å². The second-order valence-electron chi connectivity index (χ2n) is 9.54. The summed E-state index contributed by atoms with van der Waals surface area (Å²) in [5, 5.41) is 12.1. The standard InChI is InChI=1S/C31H27F5N2O6/c1-4-44-15-16-12-23(42-2)26(24(13-16)43-3)19-9-8-17(18-10-11-25(31(34,35)36)38-28(18)19)14-22(30(40)41)37-29(39)27-20(32)6-5-7-21(27)33/h5-13,22H,4,14-15H2,1-3H3,(H,37,39)(H,40,41)/t22-/m0/s1. The normalized spacial score (nSPS) is 12.2. The van der Waals surface area contributed by atoms with Crippen LogP contribution in [-0.4, -0.2) is 48.8 Å². The third-order valence-corrected chi connectivity index (χ3v) is 6.76. The second-order valence-corrected chi connectivity index (χ2v) is 9.54. The fourth-order valence-corrected chi connectivity index (χ4v) is 4.71. The Balaban J connectivity index is 1.86. The number of hydrogen-bond acceptors (Lipinski definition) is 6. The maximum Gasteiger partial charge on any atom is 0.433 e. The molecule has 4 aromatic rings. The van der Waals surface area contributed by atoms with Gasteiger partial charge < -0.3 is 24.6 Å². The van der Waals surface area contributed by atoms with Crippen LogP contribution in [0, 0.1) is 11.6 Å². The summed E-state index contributed by atoms with van der Waals surface area (Å²) in [7, 11) is 2.76. The van der Waals surface area contributed by atoms with Gasteiger partial charge in [-0.25, -0.2) is 18.6 Å². The molecule has 44 heavy (non-hydrogen) atoms. The number of benzene rings is 3. The van der Waals surface area contributed by atoms with Crippen LogP contribution in [0.3, 0.4) is 0 Å². The molecule has 0 aliphatic heterocycles. The summed E-state index contributed by atoms with van der Waals surface area (Å²) in [6.07, 6.45) is -5.26. The van der Waals surface area contributed by atoms with Crippen molar-refractivity contribution in [3.63, 3.8) is 0 Å². The Kier molecular flexibility index (Phi) is 9.68. The van der Waals surface area contributed by atoms with Crippen molar-refractivity contribution in [1.82, 2.24) is 10.3 Å². The van der Waals surface area contributed by atoms with E-state index in [4.69, 9.17) is 14.2 Å². The van der Waals surface area contributed by atoms with Crippen molar-refractivity contribution in [2.75, 3.05) is 20.8 Å². The van der Waals surface area contributed by atoms with Crippen molar-refractivity contribution in [2.24, 2.45) is 0 Å². The van der Waals surface area contributed by atoms with Crippen LogP contribution in [0.4, 0.5) is 22.0 Å². The highest BCUT2D eigenvalue weighted by atomic mass is 19.4. The zero-order valence-corrected chi connectivity index (χ0v) is 23.7. The molecule has 0 aliphatic carbocycles. The van der Waals surface area contributed by atoms with Gasteiger partial charge in [0.1, 0.15) is 40.4 Å². The van der Waals surface area contributed by atoms with Gasteiger partial charge in [-0.15, -0.1) is 0 Å². The second kappa shape index (κ2) is 13.2. The van der Waals surface area contributed by atoms with Gasteiger partial charge in [-0.1, -0.05) is 24.3 Å². The maximum atomic E-state index is 14.2. The van der Waals surface area contributed by atoms with Crippen LogP contribution in [0.2, 0.25) is 0 Å². The first-order chi connectivity index (χ1) is 20.9. The van der Waals surface area contributed by atoms with Crippen molar-refractivity contribution < 1.29 is 50.9 Å². The number of carboxylic acids is 1. The van der Waals surface area contributed by atoms with Gasteiger partial charge in [0.2, 0.25) is 0 Å². The fourth-order valence-electron chi connectivity index (χ4n) is 4.71. The minimum atomic E-state index is -4.81. The number of fused-ring (bicyclic) bond motifs is 1. The average Bonchev–Trinajstić information content (AvgIpc) is 2.98. The summed E-state index contributed by atoms with van der Waals surface area (Å²) in [6.45, 7) is 2.48. The highest BCUT2D eigenvalue weighted by Crippen LogP contribution is 2.44. The number of nitrogens with one attached hydrogen (secondary N) is 1. The molecule has 1 heterocycles. The highest BCUT2D eigenvalue weighted by molar-refractivity contribution is 6.00. The molecule has 0 fully saturated rings.